The Hall–Kier alpha value is -2.88. The van der Waals surface area contributed by atoms with Gasteiger partial charge in [-0.15, -0.1) is 0 Å². The number of nitrogens with one attached hydrogen (secondary N) is 1. The van der Waals surface area contributed by atoms with Crippen molar-refractivity contribution in [2.75, 3.05) is 26.2 Å². The molecule has 1 amide bonds. The number of likely N-dealkylation sites (tertiary alicyclic amines) is 1. The second-order valence-corrected chi connectivity index (χ2v) is 11.9. The van der Waals surface area contributed by atoms with Crippen LogP contribution in [0.3, 0.4) is 0 Å². The van der Waals surface area contributed by atoms with E-state index in [1.807, 2.05) is 60.7 Å². The zero-order chi connectivity index (χ0) is 24.6. The molecule has 35 heavy (non-hydrogen) atoms. The monoisotopic (exact) mass is 532 g/mol. The van der Waals surface area contributed by atoms with E-state index >= 15 is 0 Å². The maximum atomic E-state index is 13.0. The normalized spacial score (nSPS) is 13.9. The third-order valence-electron chi connectivity index (χ3n) is 6.34. The molecule has 0 spiro atoms. The van der Waals surface area contributed by atoms with Crippen LogP contribution in [-0.2, 0) is 11.2 Å². The molecule has 0 aromatic heterocycles. The Morgan fingerprint density at radius 3 is 2.46 bits per heavy atom. The summed E-state index contributed by atoms with van der Waals surface area (Å²) in [5.74, 6) is 1.29. The summed E-state index contributed by atoms with van der Waals surface area (Å²) in [6.45, 7) is 7.83. The molecule has 3 aromatic rings. The molecule has 1 saturated heterocycles. The van der Waals surface area contributed by atoms with E-state index in [4.69, 9.17) is 4.74 Å². The second-order valence-electron chi connectivity index (χ2n) is 9.07. The number of benzene rings is 3. The Morgan fingerprint density at radius 2 is 1.71 bits per heavy atom. The molecule has 0 aliphatic carbocycles. The van der Waals surface area contributed by atoms with Gasteiger partial charge in [0.1, 0.15) is 0 Å². The molecule has 4 rings (SSSR count). The number of hydrogen-bond donors (Lipinski definition) is 1. The first-order valence-corrected chi connectivity index (χ1v) is 14.3. The molecule has 182 valence electrons. The van der Waals surface area contributed by atoms with Crippen LogP contribution in [0.2, 0.25) is 0 Å². The van der Waals surface area contributed by atoms with E-state index in [2.05, 4.69) is 24.1 Å². The minimum atomic E-state index is -1.18. The van der Waals surface area contributed by atoms with Gasteiger partial charge in [0.2, 0.25) is 0 Å². The maximum absolute atomic E-state index is 13.0. The van der Waals surface area contributed by atoms with Crippen LogP contribution < -0.4 is 14.4 Å². The van der Waals surface area contributed by atoms with E-state index in [1.165, 1.54) is 18.4 Å². The number of hydrogen-bond acceptors (Lipinski definition) is 4. The van der Waals surface area contributed by atoms with Crippen molar-refractivity contribution in [2.24, 2.45) is 0 Å². The van der Waals surface area contributed by atoms with Crippen molar-refractivity contribution < 1.29 is 14.3 Å². The summed E-state index contributed by atoms with van der Waals surface area (Å²) in [6.07, 6.45) is 2.87. The van der Waals surface area contributed by atoms with Gasteiger partial charge < -0.3 is 0 Å². The third-order valence-corrected chi connectivity index (χ3v) is 8.68. The van der Waals surface area contributed by atoms with Gasteiger partial charge in [-0.3, -0.25) is 0 Å². The number of ether oxygens (including phenoxy) is 1. The summed E-state index contributed by atoms with van der Waals surface area (Å²) < 4.78 is 7.27. The van der Waals surface area contributed by atoms with Crippen molar-refractivity contribution in [1.29, 1.82) is 0 Å². The number of rotatable bonds is 10. The van der Waals surface area contributed by atoms with Crippen LogP contribution in [0.1, 0.15) is 39.9 Å². The summed E-state index contributed by atoms with van der Waals surface area (Å²) in [5, 5.41) is 3.04. The third kappa shape index (κ3) is 7.30. The van der Waals surface area contributed by atoms with Gasteiger partial charge in [0.05, 0.1) is 0 Å². The molecule has 1 aliphatic rings. The van der Waals surface area contributed by atoms with E-state index in [0.29, 0.717) is 24.3 Å². The first-order valence-electron chi connectivity index (χ1n) is 12.2. The van der Waals surface area contributed by atoms with Gasteiger partial charge in [-0.1, -0.05) is 0 Å². The van der Waals surface area contributed by atoms with Gasteiger partial charge in [0.15, 0.2) is 0 Å². The molecule has 1 N–H and O–H groups in total. The van der Waals surface area contributed by atoms with E-state index in [1.54, 1.807) is 6.07 Å². The van der Waals surface area contributed by atoms with Gasteiger partial charge in [-0.25, -0.2) is 0 Å². The van der Waals surface area contributed by atoms with E-state index < -0.39 is 15.8 Å². The fourth-order valence-corrected chi connectivity index (χ4v) is 6.44. The Labute approximate surface area is 214 Å². The first-order chi connectivity index (χ1) is 17.0. The van der Waals surface area contributed by atoms with E-state index in [0.717, 1.165) is 40.9 Å². The van der Waals surface area contributed by atoms with Crippen LogP contribution in [0.25, 0.3) is 0 Å². The Kier molecular flexibility index (Phi) is 8.78. The zero-order valence-corrected chi connectivity index (χ0v) is 22.6. The van der Waals surface area contributed by atoms with Crippen molar-refractivity contribution in [2.45, 2.75) is 33.1 Å². The van der Waals surface area contributed by atoms with Gasteiger partial charge in [-0.2, -0.15) is 0 Å². The molecule has 5 nitrogen and oxygen atoms in total. The molecule has 1 fully saturated rings. The molecule has 3 aromatic carbocycles. The molecule has 6 heteroatoms. The molecule has 1 atom stereocenters. The Morgan fingerprint density at radius 1 is 0.943 bits per heavy atom. The van der Waals surface area contributed by atoms with Gasteiger partial charge in [0.25, 0.3) is 0 Å². The molecule has 0 saturated carbocycles. The fraction of sp³-hybridized carbons (Fsp3) is 0.310. The fourth-order valence-electron chi connectivity index (χ4n) is 4.17. The minimum absolute atomic E-state index is 0.106. The van der Waals surface area contributed by atoms with Crippen molar-refractivity contribution in [1.82, 2.24) is 10.2 Å². The molecule has 0 bridgehead atoms. The summed E-state index contributed by atoms with van der Waals surface area (Å²) >= 11 is -1.18. The average Bonchev–Trinajstić information content (AvgIpc) is 3.36. The predicted octanol–water partition coefficient (Wildman–Crippen LogP) is 3.75. The van der Waals surface area contributed by atoms with Crippen LogP contribution in [0, 0.1) is 13.8 Å². The van der Waals surface area contributed by atoms with Crippen LogP contribution in [0.5, 0.6) is 11.5 Å². The van der Waals surface area contributed by atoms with Crippen LogP contribution >= 0.6 is 0 Å². The topological polar surface area (TPSA) is 58.6 Å². The summed E-state index contributed by atoms with van der Waals surface area (Å²) in [6, 6.07) is 21.2. The number of carbonyl (C=O) groups excluding carboxylic acids is 2. The molecular formula is C29H33AsN2O3. The average molecular weight is 533 g/mol. The second kappa shape index (κ2) is 12.2. The number of amides is 1. The summed E-state index contributed by atoms with van der Waals surface area (Å²) in [4.78, 5) is 28.2. The van der Waals surface area contributed by atoms with Crippen molar-refractivity contribution in [3.63, 3.8) is 0 Å². The van der Waals surface area contributed by atoms with Crippen molar-refractivity contribution in [3.05, 3.63) is 89.0 Å². The Balaban J connectivity index is 1.50. The molecule has 1 unspecified atom stereocenters. The zero-order valence-electron chi connectivity index (χ0n) is 20.5. The van der Waals surface area contributed by atoms with E-state index in [9.17, 15) is 9.59 Å². The molecular weight excluding hydrogens is 499 g/mol. The first kappa shape index (κ1) is 25.2. The SMILES string of the molecule is Cc1ccc(Oc2ccc(C(=O)NCCN3CCCC3)cc2[AsH]C(=O)Cc2ccccc2)cc1C. The van der Waals surface area contributed by atoms with Crippen molar-refractivity contribution >= 4 is 30.6 Å². The van der Waals surface area contributed by atoms with Crippen LogP contribution in [-0.4, -0.2) is 57.3 Å². The van der Waals surface area contributed by atoms with Gasteiger partial charge >= 0.3 is 215 Å². The van der Waals surface area contributed by atoms with Gasteiger partial charge in [0, 0.05) is 0 Å². The quantitative estimate of drug-likeness (QED) is 0.404. The van der Waals surface area contributed by atoms with Crippen molar-refractivity contribution in [3.8, 4) is 11.5 Å². The number of nitrogens with zero attached hydrogens (tertiary/aromatic N) is 1. The van der Waals surface area contributed by atoms with Crippen LogP contribution in [0.4, 0.5) is 0 Å². The standard InChI is InChI=1S/C29H33AsN2O3/c1-21-10-12-25(18-22(21)2)35-27-13-11-24(29(34)31-14-17-32-15-6-7-16-32)20-26(27)30-28(33)19-23-8-4-3-5-9-23/h3-5,8-13,18,20,30H,6-7,14-17,19H2,1-2H3,(H,31,34). The van der Waals surface area contributed by atoms with E-state index in [-0.39, 0.29) is 10.5 Å². The van der Waals surface area contributed by atoms with Gasteiger partial charge in [-0.05, 0) is 0 Å². The predicted molar refractivity (Wildman–Crippen MR) is 142 cm³/mol. The molecule has 0 radical (unpaired) electrons. The summed E-state index contributed by atoms with van der Waals surface area (Å²) in [7, 11) is 0. The summed E-state index contributed by atoms with van der Waals surface area (Å²) in [5.41, 5.74) is 3.93. The van der Waals surface area contributed by atoms with Crippen LogP contribution in [0.15, 0.2) is 66.7 Å². The number of carbonyl (C=O) groups is 2. The molecule has 1 aliphatic heterocycles. The molecule has 1 heterocycles. The Bertz CT molecular complexity index is 1170. The number of aryl methyl sites for hydroxylation is 2.